The lowest BCUT2D eigenvalue weighted by molar-refractivity contribution is 0.600. The average molecular weight is 391 g/mol. The number of nitrogens with zero attached hydrogens (tertiary/aromatic N) is 5. The summed E-state index contributed by atoms with van der Waals surface area (Å²) in [6.45, 7) is 6.18. The third-order valence-corrected chi connectivity index (χ3v) is 6.67. The minimum atomic E-state index is -2.95. The Morgan fingerprint density at radius 3 is 2.48 bits per heavy atom. The maximum absolute atomic E-state index is 11.7. The van der Waals surface area contributed by atoms with Crippen LogP contribution in [0.4, 0.5) is 23.1 Å². The van der Waals surface area contributed by atoms with E-state index in [0.717, 1.165) is 18.8 Å². The minimum absolute atomic E-state index is 0.0760. The number of nitrogens with one attached hydrogen (secondary N) is 1. The van der Waals surface area contributed by atoms with Crippen molar-refractivity contribution in [2.75, 3.05) is 46.8 Å². The van der Waals surface area contributed by atoms with Gasteiger partial charge in [0.1, 0.15) is 0 Å². The third kappa shape index (κ3) is 4.65. The molecule has 0 spiro atoms. The summed E-state index contributed by atoms with van der Waals surface area (Å²) in [5.74, 6) is 1.37. The topological polar surface area (TPSA) is 91.3 Å². The molecule has 1 aliphatic rings. The molecule has 1 unspecified atom stereocenters. The molecule has 0 aliphatic carbocycles. The van der Waals surface area contributed by atoms with E-state index in [-0.39, 0.29) is 17.5 Å². The molecule has 9 heteroatoms. The normalized spacial score (nSPS) is 18.3. The maximum atomic E-state index is 11.7. The van der Waals surface area contributed by atoms with Crippen LogP contribution >= 0.6 is 0 Å². The summed E-state index contributed by atoms with van der Waals surface area (Å²) >= 11 is 0. The fraction of sp³-hybridized carbons (Fsp3) is 0.500. The second-order valence-corrected chi connectivity index (χ2v) is 8.88. The Balaban J connectivity index is 1.70. The number of hydrogen-bond donors (Lipinski definition) is 1. The first-order valence-corrected chi connectivity index (χ1v) is 11.0. The predicted molar refractivity (Wildman–Crippen MR) is 109 cm³/mol. The van der Waals surface area contributed by atoms with E-state index >= 15 is 0 Å². The summed E-state index contributed by atoms with van der Waals surface area (Å²) in [5.41, 5.74) is 2.04. The Bertz CT molecular complexity index is 868. The van der Waals surface area contributed by atoms with E-state index in [1.807, 2.05) is 24.1 Å². The molecule has 1 N–H and O–H groups in total. The summed E-state index contributed by atoms with van der Waals surface area (Å²) in [5, 5.41) is 11.2. The molecule has 1 aromatic carbocycles. The van der Waals surface area contributed by atoms with Crippen molar-refractivity contribution in [3.05, 3.63) is 30.5 Å². The van der Waals surface area contributed by atoms with Gasteiger partial charge in [-0.2, -0.15) is 10.1 Å². The second kappa shape index (κ2) is 8.08. The number of hydrogen-bond acceptors (Lipinski definition) is 8. The van der Waals surface area contributed by atoms with Gasteiger partial charge >= 0.3 is 0 Å². The van der Waals surface area contributed by atoms with Crippen LogP contribution < -0.4 is 15.1 Å². The number of rotatable bonds is 7. The van der Waals surface area contributed by atoms with Crippen molar-refractivity contribution in [1.82, 2.24) is 15.2 Å². The molecule has 146 valence electrons. The van der Waals surface area contributed by atoms with Crippen molar-refractivity contribution in [3.63, 3.8) is 0 Å². The van der Waals surface area contributed by atoms with Crippen molar-refractivity contribution in [3.8, 4) is 0 Å². The largest absolute Gasteiger partial charge is 0.372 e. The lowest BCUT2D eigenvalue weighted by Gasteiger charge is -2.24. The molecule has 1 fully saturated rings. The standard InChI is InChI=1S/C18H26N6O2S/c1-4-24(5-2)15-8-6-14(7-9-15)20-18-21-17(12-19-22-18)23(3)16-10-11-27(25,26)13-16/h6-9,12,16H,4-5,10-11,13H2,1-3H3,(H,20,21,22). The first-order valence-electron chi connectivity index (χ1n) is 9.17. The molecule has 1 saturated heterocycles. The Hall–Kier alpha value is -2.42. The summed E-state index contributed by atoms with van der Waals surface area (Å²) in [6, 6.07) is 8.01. The zero-order valence-corrected chi connectivity index (χ0v) is 16.8. The van der Waals surface area contributed by atoms with E-state index in [4.69, 9.17) is 0 Å². The molecule has 27 heavy (non-hydrogen) atoms. The van der Waals surface area contributed by atoms with E-state index in [2.05, 4.69) is 51.4 Å². The van der Waals surface area contributed by atoms with Gasteiger partial charge in [0, 0.05) is 37.6 Å². The summed E-state index contributed by atoms with van der Waals surface area (Å²) < 4.78 is 23.4. The van der Waals surface area contributed by atoms with Crippen molar-refractivity contribution in [2.45, 2.75) is 26.3 Å². The van der Waals surface area contributed by atoms with Gasteiger partial charge in [0.2, 0.25) is 5.95 Å². The lowest BCUT2D eigenvalue weighted by atomic mass is 10.2. The van der Waals surface area contributed by atoms with Crippen LogP contribution in [-0.4, -0.2) is 61.3 Å². The molecule has 8 nitrogen and oxygen atoms in total. The molecule has 2 aromatic rings. The Labute approximate surface area is 160 Å². The first-order chi connectivity index (χ1) is 12.9. The van der Waals surface area contributed by atoms with E-state index in [0.29, 0.717) is 18.2 Å². The molecule has 0 bridgehead atoms. The van der Waals surface area contributed by atoms with E-state index in [1.165, 1.54) is 5.69 Å². The van der Waals surface area contributed by atoms with Crippen molar-refractivity contribution in [2.24, 2.45) is 0 Å². The summed E-state index contributed by atoms with van der Waals surface area (Å²) in [6.07, 6.45) is 2.16. The van der Waals surface area contributed by atoms with E-state index in [1.54, 1.807) is 6.20 Å². The molecule has 0 amide bonds. The molecule has 1 aromatic heterocycles. The fourth-order valence-corrected chi connectivity index (χ4v) is 5.03. The smallest absolute Gasteiger partial charge is 0.249 e. The van der Waals surface area contributed by atoms with Gasteiger partial charge in [-0.25, -0.2) is 8.42 Å². The number of aromatic nitrogens is 3. The molecule has 0 radical (unpaired) electrons. The van der Waals surface area contributed by atoms with Gasteiger partial charge in [-0.05, 0) is 44.5 Å². The monoisotopic (exact) mass is 390 g/mol. The van der Waals surface area contributed by atoms with Crippen LogP contribution in [0.3, 0.4) is 0 Å². The predicted octanol–water partition coefficient (Wildman–Crippen LogP) is 2.08. The van der Waals surface area contributed by atoms with Crippen LogP contribution in [0, 0.1) is 0 Å². The van der Waals surface area contributed by atoms with Crippen LogP contribution in [0.2, 0.25) is 0 Å². The zero-order valence-electron chi connectivity index (χ0n) is 16.0. The molecular weight excluding hydrogens is 364 g/mol. The molecule has 1 aliphatic heterocycles. The van der Waals surface area contributed by atoms with Crippen LogP contribution in [0.1, 0.15) is 20.3 Å². The van der Waals surface area contributed by atoms with E-state index in [9.17, 15) is 8.42 Å². The number of benzene rings is 1. The average Bonchev–Trinajstić information content (AvgIpc) is 3.03. The summed E-state index contributed by atoms with van der Waals surface area (Å²) in [4.78, 5) is 8.63. The molecule has 0 saturated carbocycles. The number of anilines is 4. The molecular formula is C18H26N6O2S. The lowest BCUT2D eigenvalue weighted by Crippen LogP contribution is -2.33. The highest BCUT2D eigenvalue weighted by molar-refractivity contribution is 7.91. The Morgan fingerprint density at radius 1 is 1.19 bits per heavy atom. The highest BCUT2D eigenvalue weighted by Crippen LogP contribution is 2.23. The molecule has 2 heterocycles. The molecule has 1 atom stereocenters. The van der Waals surface area contributed by atoms with Gasteiger partial charge in [0.15, 0.2) is 15.7 Å². The van der Waals surface area contributed by atoms with Gasteiger partial charge in [0.25, 0.3) is 0 Å². The second-order valence-electron chi connectivity index (χ2n) is 6.65. The van der Waals surface area contributed by atoms with E-state index < -0.39 is 9.84 Å². The Kier molecular flexibility index (Phi) is 5.79. The first kappa shape index (κ1) is 19.3. The van der Waals surface area contributed by atoms with Crippen molar-refractivity contribution in [1.29, 1.82) is 0 Å². The van der Waals surface area contributed by atoms with Gasteiger partial charge in [-0.3, -0.25) is 0 Å². The Morgan fingerprint density at radius 2 is 1.89 bits per heavy atom. The third-order valence-electron chi connectivity index (χ3n) is 4.92. The van der Waals surface area contributed by atoms with Crippen molar-refractivity contribution < 1.29 is 8.42 Å². The fourth-order valence-electron chi connectivity index (χ4n) is 3.26. The van der Waals surface area contributed by atoms with Crippen LogP contribution in [-0.2, 0) is 9.84 Å². The highest BCUT2D eigenvalue weighted by atomic mass is 32.2. The van der Waals surface area contributed by atoms with Gasteiger partial charge in [-0.15, -0.1) is 5.10 Å². The van der Waals surface area contributed by atoms with Crippen LogP contribution in [0.15, 0.2) is 30.5 Å². The van der Waals surface area contributed by atoms with Gasteiger partial charge in [-0.1, -0.05) is 0 Å². The van der Waals surface area contributed by atoms with Crippen molar-refractivity contribution >= 4 is 33.0 Å². The summed E-state index contributed by atoms with van der Waals surface area (Å²) in [7, 11) is -1.10. The minimum Gasteiger partial charge on any atom is -0.372 e. The van der Waals surface area contributed by atoms with Gasteiger partial charge in [0.05, 0.1) is 17.7 Å². The zero-order chi connectivity index (χ0) is 19.4. The highest BCUT2D eigenvalue weighted by Gasteiger charge is 2.31. The van der Waals surface area contributed by atoms with Gasteiger partial charge < -0.3 is 15.1 Å². The SMILES string of the molecule is CCN(CC)c1ccc(Nc2nncc(N(C)C3CCS(=O)(=O)C3)n2)cc1. The number of sulfone groups is 1. The quantitative estimate of drug-likeness (QED) is 0.768. The van der Waals surface area contributed by atoms with Crippen LogP contribution in [0.25, 0.3) is 0 Å². The van der Waals surface area contributed by atoms with Crippen LogP contribution in [0.5, 0.6) is 0 Å². The molecule has 3 rings (SSSR count). The maximum Gasteiger partial charge on any atom is 0.249 e.